The maximum absolute atomic E-state index is 10.2. The van der Waals surface area contributed by atoms with E-state index >= 15 is 0 Å². The molecule has 0 spiro atoms. The van der Waals surface area contributed by atoms with Gasteiger partial charge in [-0.05, 0) is 6.42 Å². The Kier molecular flexibility index (Phi) is 2.29. The van der Waals surface area contributed by atoms with E-state index in [1.165, 1.54) is 0 Å². The van der Waals surface area contributed by atoms with Crippen LogP contribution >= 0.6 is 0 Å². The van der Waals surface area contributed by atoms with Crippen molar-refractivity contribution in [3.8, 4) is 0 Å². The van der Waals surface area contributed by atoms with Crippen molar-refractivity contribution < 1.29 is 14.6 Å². The molecule has 54 valence electrons. The molecule has 1 rings (SSSR count). The molecule has 10 heavy (non-hydrogen) atoms. The van der Waals surface area contributed by atoms with Gasteiger partial charge in [-0.1, -0.05) is 0 Å². The lowest BCUT2D eigenvalue weighted by Crippen LogP contribution is -2.39. The lowest BCUT2D eigenvalue weighted by Gasteiger charge is -2.13. The molecule has 0 aromatic rings. The predicted molar refractivity (Wildman–Crippen MR) is 34.6 cm³/mol. The van der Waals surface area contributed by atoms with Crippen molar-refractivity contribution in [3.63, 3.8) is 0 Å². The van der Waals surface area contributed by atoms with E-state index in [9.17, 15) is 4.79 Å². The normalized spacial score (nSPS) is 32.1. The summed E-state index contributed by atoms with van der Waals surface area (Å²) < 4.78 is 4.75. The van der Waals surface area contributed by atoms with Crippen LogP contribution in [0.2, 0.25) is 0 Å². The highest BCUT2D eigenvalue weighted by atomic mass is 16.6. The van der Waals surface area contributed by atoms with Gasteiger partial charge in [0.1, 0.15) is 0 Å². The van der Waals surface area contributed by atoms with Gasteiger partial charge in [0, 0.05) is 0 Å². The maximum Gasteiger partial charge on any atom is 0.200 e. The van der Waals surface area contributed by atoms with Crippen LogP contribution in [-0.2, 0) is 4.74 Å². The third-order valence-electron chi connectivity index (χ3n) is 1.39. The summed E-state index contributed by atoms with van der Waals surface area (Å²) in [6.07, 6.45) is -0.281. The summed E-state index contributed by atoms with van der Waals surface area (Å²) in [5, 5.41) is 11.3. The van der Waals surface area contributed by atoms with Gasteiger partial charge < -0.3 is 15.2 Å². The van der Waals surface area contributed by atoms with Crippen molar-refractivity contribution >= 4 is 13.7 Å². The molecular formula is C5H8BNO3. The Balaban J connectivity index is 2.33. The zero-order valence-corrected chi connectivity index (χ0v) is 5.41. The Bertz CT molecular complexity index is 141. The number of aliphatic hydroxyl groups is 1. The van der Waals surface area contributed by atoms with E-state index in [-0.39, 0.29) is 6.04 Å². The number of hydrogen-bond acceptors (Lipinski definition) is 3. The van der Waals surface area contributed by atoms with E-state index in [0.717, 1.165) is 0 Å². The van der Waals surface area contributed by atoms with Crippen LogP contribution in [0, 0.1) is 0 Å². The first-order chi connectivity index (χ1) is 4.70. The summed E-state index contributed by atoms with van der Waals surface area (Å²) in [5.41, 5.74) is 0. The van der Waals surface area contributed by atoms with Gasteiger partial charge >= 0.3 is 0 Å². The summed E-state index contributed by atoms with van der Waals surface area (Å²) in [5.74, 6) is -0.630. The Morgan fingerprint density at radius 1 is 1.80 bits per heavy atom. The van der Waals surface area contributed by atoms with Crippen LogP contribution in [0.25, 0.3) is 0 Å². The number of carbonyl (C=O) groups excluding carboxylic acids is 1. The average molecular weight is 141 g/mol. The molecular weight excluding hydrogens is 133 g/mol. The second kappa shape index (κ2) is 3.03. The molecule has 1 saturated heterocycles. The number of nitrogens with one attached hydrogen (secondary N) is 1. The second-order valence-electron chi connectivity index (χ2n) is 2.17. The summed E-state index contributed by atoms with van der Waals surface area (Å²) in [7, 11) is 4.82. The second-order valence-corrected chi connectivity index (χ2v) is 2.17. The smallest absolute Gasteiger partial charge is 0.200 e. The van der Waals surface area contributed by atoms with Crippen LogP contribution in [0.1, 0.15) is 6.42 Å². The third-order valence-corrected chi connectivity index (χ3v) is 1.39. The van der Waals surface area contributed by atoms with Gasteiger partial charge in [-0.2, -0.15) is 0 Å². The van der Waals surface area contributed by atoms with Crippen LogP contribution in [0.15, 0.2) is 0 Å². The minimum Gasteiger partial charge on any atom is -0.366 e. The molecule has 1 amide bonds. The first-order valence-electron chi connectivity index (χ1n) is 3.06. The van der Waals surface area contributed by atoms with E-state index in [1.54, 1.807) is 0 Å². The van der Waals surface area contributed by atoms with E-state index in [1.807, 2.05) is 0 Å². The molecule has 2 atom stereocenters. The molecule has 0 saturated carbocycles. The summed E-state index contributed by atoms with van der Waals surface area (Å²) in [4.78, 5) is 10.2. The highest BCUT2D eigenvalue weighted by molar-refractivity contribution is 6.57. The van der Waals surface area contributed by atoms with Gasteiger partial charge in [0.15, 0.2) is 12.1 Å². The van der Waals surface area contributed by atoms with Gasteiger partial charge in [-0.15, -0.1) is 0 Å². The lowest BCUT2D eigenvalue weighted by atomic mass is 10.1. The van der Waals surface area contributed by atoms with E-state index in [0.29, 0.717) is 13.0 Å². The Morgan fingerprint density at radius 3 is 2.90 bits per heavy atom. The standard InChI is InChI=1S/C5H8BNO3/c6-5(9)7-3-1-2-10-4(3)8/h3-4,8H,1-2H2,(H,7,9)/t3-,4?/m0/s1. The molecule has 0 aromatic heterocycles. The minimum atomic E-state index is -0.896. The monoisotopic (exact) mass is 141 g/mol. The quantitative estimate of drug-likeness (QED) is 0.459. The van der Waals surface area contributed by atoms with Crippen LogP contribution in [-0.4, -0.2) is 37.7 Å². The largest absolute Gasteiger partial charge is 0.366 e. The van der Waals surface area contributed by atoms with Gasteiger partial charge in [0.2, 0.25) is 7.85 Å². The third kappa shape index (κ3) is 1.72. The molecule has 1 aliphatic rings. The number of amides is 1. The Labute approximate surface area is 60.0 Å². The maximum atomic E-state index is 10.2. The number of carbonyl (C=O) groups is 1. The highest BCUT2D eigenvalue weighted by Crippen LogP contribution is 2.09. The molecule has 1 aliphatic heterocycles. The van der Waals surface area contributed by atoms with E-state index in [4.69, 9.17) is 17.7 Å². The fourth-order valence-electron chi connectivity index (χ4n) is 0.901. The molecule has 1 unspecified atom stereocenters. The molecule has 0 bridgehead atoms. The molecule has 1 fully saturated rings. The Hall–Kier alpha value is -0.545. The van der Waals surface area contributed by atoms with Crippen LogP contribution in [0.4, 0.5) is 4.79 Å². The Morgan fingerprint density at radius 2 is 2.50 bits per heavy atom. The van der Waals surface area contributed by atoms with Crippen molar-refractivity contribution in [2.24, 2.45) is 0 Å². The molecule has 0 aliphatic carbocycles. The van der Waals surface area contributed by atoms with Gasteiger partial charge in [-0.25, -0.2) is 0 Å². The van der Waals surface area contributed by atoms with Crippen LogP contribution < -0.4 is 5.32 Å². The van der Waals surface area contributed by atoms with Gasteiger partial charge in [0.25, 0.3) is 0 Å². The number of ether oxygens (including phenoxy) is 1. The number of rotatable bonds is 1. The molecule has 2 N–H and O–H groups in total. The van der Waals surface area contributed by atoms with Gasteiger partial charge in [0.05, 0.1) is 12.6 Å². The average Bonchev–Trinajstić information content (AvgIpc) is 2.15. The van der Waals surface area contributed by atoms with E-state index < -0.39 is 12.1 Å². The molecule has 1 heterocycles. The first-order valence-corrected chi connectivity index (χ1v) is 3.06. The molecule has 0 aromatic carbocycles. The summed E-state index contributed by atoms with van der Waals surface area (Å²) in [6.45, 7) is 0.464. The summed E-state index contributed by atoms with van der Waals surface area (Å²) >= 11 is 0. The van der Waals surface area contributed by atoms with Gasteiger partial charge in [-0.3, -0.25) is 4.79 Å². The lowest BCUT2D eigenvalue weighted by molar-refractivity contribution is -0.0696. The zero-order valence-electron chi connectivity index (χ0n) is 5.41. The van der Waals surface area contributed by atoms with Crippen molar-refractivity contribution in [2.45, 2.75) is 18.8 Å². The number of aliphatic hydroxyl groups excluding tert-OH is 1. The highest BCUT2D eigenvalue weighted by Gasteiger charge is 2.25. The first kappa shape index (κ1) is 7.56. The van der Waals surface area contributed by atoms with Crippen molar-refractivity contribution in [2.75, 3.05) is 6.61 Å². The molecule has 5 heteroatoms. The zero-order chi connectivity index (χ0) is 7.56. The van der Waals surface area contributed by atoms with Crippen molar-refractivity contribution in [3.05, 3.63) is 0 Å². The van der Waals surface area contributed by atoms with Crippen LogP contribution in [0.3, 0.4) is 0 Å². The van der Waals surface area contributed by atoms with Crippen molar-refractivity contribution in [1.82, 2.24) is 5.32 Å². The summed E-state index contributed by atoms with van der Waals surface area (Å²) in [6, 6.07) is -0.336. The topological polar surface area (TPSA) is 58.6 Å². The molecule has 2 radical (unpaired) electrons. The molecule has 4 nitrogen and oxygen atoms in total. The SMILES string of the molecule is [B]C(=O)N[C@H]1CCOC1O. The fourth-order valence-corrected chi connectivity index (χ4v) is 0.901. The fraction of sp³-hybridized carbons (Fsp3) is 0.800. The predicted octanol–water partition coefficient (Wildman–Crippen LogP) is -1.03. The van der Waals surface area contributed by atoms with E-state index in [2.05, 4.69) is 5.32 Å². The minimum absolute atomic E-state index is 0.336. The van der Waals surface area contributed by atoms with Crippen LogP contribution in [0.5, 0.6) is 0 Å². The number of hydrogen-bond donors (Lipinski definition) is 2. The van der Waals surface area contributed by atoms with Crippen molar-refractivity contribution in [1.29, 1.82) is 0 Å².